The zero-order valence-corrected chi connectivity index (χ0v) is 19.0. The minimum Gasteiger partial charge on any atom is -0.481 e. The van der Waals surface area contributed by atoms with Crippen molar-refractivity contribution in [1.29, 1.82) is 0 Å². The lowest BCUT2D eigenvalue weighted by Gasteiger charge is -2.38. The molecule has 0 spiro atoms. The van der Waals surface area contributed by atoms with Crippen molar-refractivity contribution in [3.8, 4) is 11.1 Å². The Bertz CT molecular complexity index is 1010. The highest BCUT2D eigenvalue weighted by atomic mass is 16.5. The number of carbonyl (C=O) groups is 3. The van der Waals surface area contributed by atoms with E-state index in [9.17, 15) is 19.5 Å². The van der Waals surface area contributed by atoms with E-state index in [-0.39, 0.29) is 30.9 Å². The van der Waals surface area contributed by atoms with Gasteiger partial charge in [-0.1, -0.05) is 48.5 Å². The first kappa shape index (κ1) is 22.8. The van der Waals surface area contributed by atoms with Gasteiger partial charge in [-0.25, -0.2) is 4.79 Å². The van der Waals surface area contributed by atoms with Crippen molar-refractivity contribution < 1.29 is 24.2 Å². The van der Waals surface area contributed by atoms with Crippen LogP contribution >= 0.6 is 0 Å². The van der Waals surface area contributed by atoms with Crippen LogP contribution in [0, 0.1) is 5.92 Å². The Morgan fingerprint density at radius 1 is 1.09 bits per heavy atom. The Morgan fingerprint density at radius 2 is 1.70 bits per heavy atom. The molecule has 7 heteroatoms. The minimum absolute atomic E-state index is 0.0257. The number of fused-ring (bicyclic) bond motifs is 3. The SMILES string of the molecule is CC1C(C(=O)O)CCCN1C(=O)C[C@H](C)NC(=O)OCC1c2ccccc2-c2ccccc21. The van der Waals surface area contributed by atoms with E-state index in [1.165, 1.54) is 0 Å². The number of rotatable bonds is 6. The largest absolute Gasteiger partial charge is 0.481 e. The van der Waals surface area contributed by atoms with E-state index in [2.05, 4.69) is 29.6 Å². The second-order valence-electron chi connectivity index (χ2n) is 8.99. The van der Waals surface area contributed by atoms with Gasteiger partial charge in [-0.3, -0.25) is 9.59 Å². The Kier molecular flexibility index (Phi) is 6.67. The molecule has 1 saturated heterocycles. The third kappa shape index (κ3) is 4.72. The molecule has 0 aromatic heterocycles. The molecule has 2 unspecified atom stereocenters. The number of aliphatic carboxylic acids is 1. The summed E-state index contributed by atoms with van der Waals surface area (Å²) in [5.74, 6) is -1.60. The van der Waals surface area contributed by atoms with E-state index in [1.807, 2.05) is 24.3 Å². The van der Waals surface area contributed by atoms with Crippen LogP contribution < -0.4 is 5.32 Å². The van der Waals surface area contributed by atoms with Gasteiger partial charge in [0.1, 0.15) is 6.61 Å². The standard InChI is InChI=1S/C26H30N2O5/c1-16(14-24(29)28-13-7-12-18(17(28)2)25(30)31)27-26(32)33-15-23-21-10-5-3-8-19(21)20-9-4-6-11-22(20)23/h3-6,8-11,16-18,23H,7,12-15H2,1-2H3,(H,27,32)(H,30,31)/t16-,17?,18?/m0/s1. The number of nitrogens with zero attached hydrogens (tertiary/aromatic N) is 1. The van der Waals surface area contributed by atoms with Crippen LogP contribution in [-0.2, 0) is 14.3 Å². The Labute approximate surface area is 193 Å². The predicted molar refractivity (Wildman–Crippen MR) is 124 cm³/mol. The summed E-state index contributed by atoms with van der Waals surface area (Å²) in [6.45, 7) is 4.29. The van der Waals surface area contributed by atoms with Gasteiger partial charge >= 0.3 is 12.1 Å². The number of hydrogen-bond donors (Lipinski definition) is 2. The number of hydrogen-bond acceptors (Lipinski definition) is 4. The molecule has 2 aromatic carbocycles. The monoisotopic (exact) mass is 450 g/mol. The maximum atomic E-state index is 12.8. The summed E-state index contributed by atoms with van der Waals surface area (Å²) in [5.41, 5.74) is 4.61. The third-order valence-electron chi connectivity index (χ3n) is 6.81. The average Bonchev–Trinajstić information content (AvgIpc) is 3.11. The van der Waals surface area contributed by atoms with Gasteiger partial charge in [-0.05, 0) is 48.9 Å². The molecule has 174 valence electrons. The highest BCUT2D eigenvalue weighted by molar-refractivity contribution is 5.80. The number of carboxylic acid groups (broad SMARTS) is 1. The van der Waals surface area contributed by atoms with Gasteiger partial charge < -0.3 is 20.1 Å². The summed E-state index contributed by atoms with van der Waals surface area (Å²) in [6.07, 6.45) is 0.780. The predicted octanol–water partition coefficient (Wildman–Crippen LogP) is 4.02. The van der Waals surface area contributed by atoms with E-state index in [0.717, 1.165) is 22.3 Å². The van der Waals surface area contributed by atoms with Gasteiger partial charge in [0.25, 0.3) is 0 Å². The van der Waals surface area contributed by atoms with Crippen LogP contribution in [0.25, 0.3) is 11.1 Å². The van der Waals surface area contributed by atoms with Gasteiger partial charge in [-0.2, -0.15) is 0 Å². The molecule has 0 bridgehead atoms. The van der Waals surface area contributed by atoms with Gasteiger partial charge in [0.2, 0.25) is 5.91 Å². The smallest absolute Gasteiger partial charge is 0.407 e. The number of benzene rings is 2. The number of carboxylic acids is 1. The summed E-state index contributed by atoms with van der Waals surface area (Å²) >= 11 is 0. The number of alkyl carbamates (subject to hydrolysis) is 1. The number of nitrogens with one attached hydrogen (secondary N) is 1. The van der Waals surface area contributed by atoms with Crippen molar-refractivity contribution in [2.45, 2.75) is 51.1 Å². The van der Waals surface area contributed by atoms with Gasteiger partial charge in [0, 0.05) is 31.0 Å². The summed E-state index contributed by atoms with van der Waals surface area (Å²) in [7, 11) is 0. The van der Waals surface area contributed by atoms with Crippen LogP contribution in [0.2, 0.25) is 0 Å². The van der Waals surface area contributed by atoms with Gasteiger partial charge in [0.05, 0.1) is 5.92 Å². The van der Waals surface area contributed by atoms with Gasteiger partial charge in [-0.15, -0.1) is 0 Å². The molecule has 0 radical (unpaired) electrons. The highest BCUT2D eigenvalue weighted by Gasteiger charge is 2.35. The number of piperidine rings is 1. The van der Waals surface area contributed by atoms with E-state index >= 15 is 0 Å². The number of amides is 2. The van der Waals surface area contributed by atoms with Gasteiger partial charge in [0.15, 0.2) is 0 Å². The second-order valence-corrected chi connectivity index (χ2v) is 8.99. The molecule has 1 aliphatic heterocycles. The van der Waals surface area contributed by atoms with Crippen LogP contribution in [0.15, 0.2) is 48.5 Å². The van der Waals surface area contributed by atoms with Crippen LogP contribution in [0.5, 0.6) is 0 Å². The average molecular weight is 451 g/mol. The number of carbonyl (C=O) groups excluding carboxylic acids is 2. The fourth-order valence-electron chi connectivity index (χ4n) is 5.10. The molecule has 2 aliphatic rings. The maximum Gasteiger partial charge on any atom is 0.407 e. The number of ether oxygens (including phenoxy) is 1. The lowest BCUT2D eigenvalue weighted by atomic mass is 9.90. The first-order valence-electron chi connectivity index (χ1n) is 11.5. The molecule has 1 aliphatic carbocycles. The molecule has 2 N–H and O–H groups in total. The van der Waals surface area contributed by atoms with Crippen LogP contribution in [-0.4, -0.2) is 53.2 Å². The minimum atomic E-state index is -0.871. The van der Waals surface area contributed by atoms with Crippen molar-refractivity contribution in [2.75, 3.05) is 13.2 Å². The quantitative estimate of drug-likeness (QED) is 0.693. The molecule has 1 heterocycles. The third-order valence-corrected chi connectivity index (χ3v) is 6.81. The topological polar surface area (TPSA) is 95.9 Å². The molecule has 2 amide bonds. The summed E-state index contributed by atoms with van der Waals surface area (Å²) in [4.78, 5) is 38.3. The zero-order chi connectivity index (χ0) is 23.5. The molecule has 1 fully saturated rings. The molecule has 7 nitrogen and oxygen atoms in total. The van der Waals surface area contributed by atoms with Crippen LogP contribution in [0.1, 0.15) is 50.2 Å². The Morgan fingerprint density at radius 3 is 2.30 bits per heavy atom. The fourth-order valence-corrected chi connectivity index (χ4v) is 5.10. The maximum absolute atomic E-state index is 12.8. The Balaban J connectivity index is 1.31. The molecule has 4 rings (SSSR count). The molecular formula is C26H30N2O5. The summed E-state index contributed by atoms with van der Waals surface area (Å²) < 4.78 is 5.55. The lowest BCUT2D eigenvalue weighted by molar-refractivity contribution is -0.149. The van der Waals surface area contributed by atoms with Crippen LogP contribution in [0.3, 0.4) is 0 Å². The molecule has 3 atom stereocenters. The summed E-state index contributed by atoms with van der Waals surface area (Å²) in [5, 5.41) is 12.1. The van der Waals surface area contributed by atoms with Crippen molar-refractivity contribution >= 4 is 18.0 Å². The Hall–Kier alpha value is -3.35. The fraction of sp³-hybridized carbons (Fsp3) is 0.423. The van der Waals surface area contributed by atoms with E-state index in [1.54, 1.807) is 18.7 Å². The van der Waals surface area contributed by atoms with Crippen molar-refractivity contribution in [1.82, 2.24) is 10.2 Å². The first-order valence-corrected chi connectivity index (χ1v) is 11.5. The van der Waals surface area contributed by atoms with Crippen molar-refractivity contribution in [3.05, 3.63) is 59.7 Å². The molecule has 33 heavy (non-hydrogen) atoms. The first-order chi connectivity index (χ1) is 15.9. The van der Waals surface area contributed by atoms with Crippen molar-refractivity contribution in [3.63, 3.8) is 0 Å². The van der Waals surface area contributed by atoms with E-state index in [4.69, 9.17) is 4.74 Å². The lowest BCUT2D eigenvalue weighted by Crippen LogP contribution is -2.50. The number of likely N-dealkylation sites (tertiary alicyclic amines) is 1. The van der Waals surface area contributed by atoms with Crippen LogP contribution in [0.4, 0.5) is 4.79 Å². The summed E-state index contributed by atoms with van der Waals surface area (Å²) in [6, 6.07) is 15.5. The zero-order valence-electron chi connectivity index (χ0n) is 19.0. The van der Waals surface area contributed by atoms with E-state index in [0.29, 0.717) is 19.4 Å². The normalized spacial score (nSPS) is 20.5. The molecule has 0 saturated carbocycles. The van der Waals surface area contributed by atoms with Crippen molar-refractivity contribution in [2.24, 2.45) is 5.92 Å². The molecule has 2 aromatic rings. The second kappa shape index (κ2) is 9.65. The van der Waals surface area contributed by atoms with E-state index < -0.39 is 24.0 Å². The molecular weight excluding hydrogens is 420 g/mol. The highest BCUT2D eigenvalue weighted by Crippen LogP contribution is 2.44.